The Morgan fingerprint density at radius 2 is 2.05 bits per heavy atom. The Hall–Kier alpha value is -1.24. The maximum Gasteiger partial charge on any atom is 0.186 e. The molecule has 0 spiro atoms. The number of ketones is 1. The number of halogens is 1. The molecule has 1 aromatic carbocycles. The van der Waals surface area contributed by atoms with E-state index in [9.17, 15) is 4.79 Å². The summed E-state index contributed by atoms with van der Waals surface area (Å²) in [6.07, 6.45) is 3.50. The summed E-state index contributed by atoms with van der Waals surface area (Å²) in [5, 5.41) is 10.9. The van der Waals surface area contributed by atoms with Gasteiger partial charge in [0.1, 0.15) is 10.9 Å². The zero-order valence-electron chi connectivity index (χ0n) is 10.2. The molecule has 1 fully saturated rings. The van der Waals surface area contributed by atoms with E-state index < -0.39 is 5.92 Å². The van der Waals surface area contributed by atoms with Crippen molar-refractivity contribution in [2.75, 3.05) is 0 Å². The summed E-state index contributed by atoms with van der Waals surface area (Å²) >= 11 is 6.03. The molecule has 0 bridgehead atoms. The molecule has 0 amide bonds. The highest BCUT2D eigenvalue weighted by Gasteiger charge is 2.38. The molecule has 1 saturated heterocycles. The van der Waals surface area contributed by atoms with Crippen molar-refractivity contribution in [1.82, 2.24) is 4.98 Å². The summed E-state index contributed by atoms with van der Waals surface area (Å²) in [6, 6.07) is 7.73. The van der Waals surface area contributed by atoms with Crippen molar-refractivity contribution >= 4 is 55.9 Å². The van der Waals surface area contributed by atoms with Crippen LogP contribution < -0.4 is 0 Å². The summed E-state index contributed by atoms with van der Waals surface area (Å²) in [6.45, 7) is 0. The second kappa shape index (κ2) is 5.63. The number of aromatic nitrogens is 1. The van der Waals surface area contributed by atoms with Gasteiger partial charge in [0.25, 0.3) is 0 Å². The number of allylic oxidation sites excluding steroid dienone is 1. The highest BCUT2D eigenvalue weighted by molar-refractivity contribution is 9.10. The Labute approximate surface area is 132 Å². The van der Waals surface area contributed by atoms with Gasteiger partial charge in [-0.05, 0) is 23.8 Å². The summed E-state index contributed by atoms with van der Waals surface area (Å²) in [5.41, 5.74) is 0.955. The lowest BCUT2D eigenvalue weighted by molar-refractivity contribution is -0.114. The van der Waals surface area contributed by atoms with Gasteiger partial charge in [0.2, 0.25) is 0 Å². The van der Waals surface area contributed by atoms with Crippen molar-refractivity contribution in [3.8, 4) is 0 Å². The molecular weight excluding hydrogens is 356 g/mol. The smallest absolute Gasteiger partial charge is 0.186 e. The van der Waals surface area contributed by atoms with Crippen molar-refractivity contribution in [3.63, 3.8) is 0 Å². The van der Waals surface area contributed by atoms with Crippen LogP contribution in [0.4, 0.5) is 0 Å². The standard InChI is InChI=1S/C14H9BrN2OS2/c15-9-3-1-8(2-4-9)7-10-12(18)11(13(16)20-10)14-17-5-6-19-14/h1-7,11,16H/b10-7-,16-13?/t11-/m1/s1. The minimum absolute atomic E-state index is 0.0298. The molecule has 3 rings (SSSR count). The number of carbonyl (C=O) groups is 1. The molecule has 0 radical (unpaired) electrons. The van der Waals surface area contributed by atoms with E-state index in [0.29, 0.717) is 15.0 Å². The molecule has 1 aromatic heterocycles. The van der Waals surface area contributed by atoms with E-state index in [2.05, 4.69) is 20.9 Å². The minimum Gasteiger partial charge on any atom is -0.297 e. The van der Waals surface area contributed by atoms with Gasteiger partial charge in [0, 0.05) is 16.0 Å². The fourth-order valence-electron chi connectivity index (χ4n) is 1.90. The highest BCUT2D eigenvalue weighted by atomic mass is 79.9. The molecule has 1 atom stereocenters. The maximum atomic E-state index is 12.4. The first-order valence-corrected chi connectivity index (χ1v) is 8.31. The first-order chi connectivity index (χ1) is 9.65. The summed E-state index contributed by atoms with van der Waals surface area (Å²) in [7, 11) is 0. The van der Waals surface area contributed by atoms with Crippen LogP contribution in [0, 0.1) is 5.41 Å². The fraction of sp³-hybridized carbons (Fsp3) is 0.0714. The van der Waals surface area contributed by atoms with Crippen molar-refractivity contribution in [3.05, 3.63) is 55.8 Å². The molecule has 1 aliphatic rings. The summed E-state index contributed by atoms with van der Waals surface area (Å²) in [5.74, 6) is -0.542. The van der Waals surface area contributed by atoms with Crippen LogP contribution in [0.3, 0.4) is 0 Å². The number of hydrogen-bond donors (Lipinski definition) is 1. The second-order valence-corrected chi connectivity index (χ2v) is 7.12. The molecule has 3 nitrogen and oxygen atoms in total. The van der Waals surface area contributed by atoms with Crippen LogP contribution in [-0.4, -0.2) is 15.8 Å². The molecule has 1 N–H and O–H groups in total. The largest absolute Gasteiger partial charge is 0.297 e. The lowest BCUT2D eigenvalue weighted by Gasteiger charge is -2.01. The monoisotopic (exact) mass is 364 g/mol. The number of carbonyl (C=O) groups excluding carboxylic acids is 1. The number of thiazole rings is 1. The van der Waals surface area contributed by atoms with E-state index in [0.717, 1.165) is 10.0 Å². The lowest BCUT2D eigenvalue weighted by Crippen LogP contribution is -2.11. The molecule has 2 aromatic rings. The lowest BCUT2D eigenvalue weighted by atomic mass is 10.1. The molecule has 0 saturated carbocycles. The number of hydrogen-bond acceptors (Lipinski definition) is 5. The topological polar surface area (TPSA) is 53.8 Å². The van der Waals surface area contributed by atoms with Crippen LogP contribution in [0.15, 0.2) is 45.2 Å². The Kier molecular flexibility index (Phi) is 3.87. The maximum absolute atomic E-state index is 12.4. The van der Waals surface area contributed by atoms with Gasteiger partial charge >= 0.3 is 0 Å². The number of nitrogens with zero attached hydrogens (tertiary/aromatic N) is 1. The average Bonchev–Trinajstić information content (AvgIpc) is 3.02. The van der Waals surface area contributed by atoms with Crippen LogP contribution in [0.1, 0.15) is 16.5 Å². The number of rotatable bonds is 2. The Morgan fingerprint density at radius 3 is 2.70 bits per heavy atom. The van der Waals surface area contributed by atoms with Gasteiger partial charge in [0.15, 0.2) is 5.78 Å². The molecular formula is C14H9BrN2OS2. The molecule has 0 unspecified atom stereocenters. The number of nitrogens with one attached hydrogen (secondary N) is 1. The quantitative estimate of drug-likeness (QED) is 0.807. The van der Waals surface area contributed by atoms with Gasteiger partial charge in [0.05, 0.1) is 9.95 Å². The van der Waals surface area contributed by atoms with Crippen molar-refractivity contribution in [2.24, 2.45) is 0 Å². The van der Waals surface area contributed by atoms with Crippen molar-refractivity contribution < 1.29 is 4.79 Å². The van der Waals surface area contributed by atoms with Crippen LogP contribution in [0.5, 0.6) is 0 Å². The third-order valence-electron chi connectivity index (χ3n) is 2.85. The van der Waals surface area contributed by atoms with Crippen LogP contribution in [0.2, 0.25) is 0 Å². The minimum atomic E-state index is -0.512. The molecule has 0 aliphatic carbocycles. The molecule has 20 heavy (non-hydrogen) atoms. The van der Waals surface area contributed by atoms with Gasteiger partial charge < -0.3 is 0 Å². The SMILES string of the molecule is N=C1S/C(=C\c2ccc(Br)cc2)C(=O)[C@H]1c1nccs1. The summed E-state index contributed by atoms with van der Waals surface area (Å²) in [4.78, 5) is 17.2. The predicted octanol–water partition coefficient (Wildman–Crippen LogP) is 4.32. The van der Waals surface area contributed by atoms with Gasteiger partial charge in [-0.15, -0.1) is 11.3 Å². The zero-order chi connectivity index (χ0) is 14.1. The van der Waals surface area contributed by atoms with Crippen molar-refractivity contribution in [2.45, 2.75) is 5.92 Å². The van der Waals surface area contributed by atoms with Gasteiger partial charge in [-0.3, -0.25) is 10.2 Å². The third-order valence-corrected chi connectivity index (χ3v) is 5.22. The van der Waals surface area contributed by atoms with Gasteiger partial charge in [-0.25, -0.2) is 4.98 Å². The van der Waals surface area contributed by atoms with E-state index in [-0.39, 0.29) is 5.78 Å². The predicted molar refractivity (Wildman–Crippen MR) is 87.3 cm³/mol. The summed E-state index contributed by atoms with van der Waals surface area (Å²) < 4.78 is 0.999. The van der Waals surface area contributed by atoms with Crippen LogP contribution in [-0.2, 0) is 4.79 Å². The third kappa shape index (κ3) is 2.63. The first kappa shape index (κ1) is 13.7. The first-order valence-electron chi connectivity index (χ1n) is 5.82. The number of thioether (sulfide) groups is 1. The van der Waals surface area contributed by atoms with E-state index in [4.69, 9.17) is 5.41 Å². The zero-order valence-corrected chi connectivity index (χ0v) is 13.4. The average molecular weight is 365 g/mol. The molecule has 6 heteroatoms. The van der Waals surface area contributed by atoms with Crippen LogP contribution in [0.25, 0.3) is 6.08 Å². The second-order valence-electron chi connectivity index (χ2n) is 4.19. The Balaban J connectivity index is 1.91. The van der Waals surface area contributed by atoms with E-state index in [1.165, 1.54) is 23.1 Å². The van der Waals surface area contributed by atoms with E-state index in [1.54, 1.807) is 6.20 Å². The van der Waals surface area contributed by atoms with E-state index >= 15 is 0 Å². The Bertz CT molecular complexity index is 692. The fourth-order valence-corrected chi connectivity index (χ4v) is 3.97. The van der Waals surface area contributed by atoms with Crippen molar-refractivity contribution in [1.29, 1.82) is 5.41 Å². The normalized spacial score (nSPS) is 20.9. The molecule has 100 valence electrons. The Morgan fingerprint density at radius 1 is 1.30 bits per heavy atom. The van der Waals surface area contributed by atoms with Gasteiger partial charge in [-0.2, -0.15) is 0 Å². The number of Topliss-reactive ketones (excluding diaryl/α,β-unsaturated/α-hetero) is 1. The van der Waals surface area contributed by atoms with Crippen LogP contribution >= 0.6 is 39.0 Å². The van der Waals surface area contributed by atoms with Gasteiger partial charge in [-0.1, -0.05) is 39.8 Å². The highest BCUT2D eigenvalue weighted by Crippen LogP contribution is 2.41. The molecule has 1 aliphatic heterocycles. The number of benzene rings is 1. The molecule has 2 heterocycles. The van der Waals surface area contributed by atoms with E-state index in [1.807, 2.05) is 35.7 Å².